The maximum atomic E-state index is 11.4. The van der Waals surface area contributed by atoms with Crippen LogP contribution in [0.4, 0.5) is 0 Å². The van der Waals surface area contributed by atoms with Crippen molar-refractivity contribution in [2.45, 2.75) is 45.1 Å². The Morgan fingerprint density at radius 3 is 2.29 bits per heavy atom. The van der Waals surface area contributed by atoms with Crippen LogP contribution in [-0.2, 0) is 19.1 Å². The van der Waals surface area contributed by atoms with Gasteiger partial charge in [0.2, 0.25) is 0 Å². The van der Waals surface area contributed by atoms with Crippen molar-refractivity contribution in [2.24, 2.45) is 5.92 Å². The molecule has 5 nitrogen and oxygen atoms in total. The van der Waals surface area contributed by atoms with E-state index in [9.17, 15) is 14.7 Å². The van der Waals surface area contributed by atoms with Gasteiger partial charge in [-0.25, -0.2) is 0 Å². The summed E-state index contributed by atoms with van der Waals surface area (Å²) in [6, 6.07) is 0. The monoisotopic (exact) mass is 246 g/mol. The molecule has 0 radical (unpaired) electrons. The van der Waals surface area contributed by atoms with Crippen molar-refractivity contribution in [2.75, 3.05) is 14.2 Å². The number of hydrogen-bond donors (Lipinski definition) is 1. The van der Waals surface area contributed by atoms with Crippen LogP contribution in [0.1, 0.15) is 39.0 Å². The lowest BCUT2D eigenvalue weighted by atomic mass is 9.94. The van der Waals surface area contributed by atoms with Gasteiger partial charge in [0.1, 0.15) is 0 Å². The Bertz CT molecular complexity index is 239. The summed E-state index contributed by atoms with van der Waals surface area (Å²) >= 11 is 0. The molecule has 0 bridgehead atoms. The zero-order valence-electron chi connectivity index (χ0n) is 10.8. The molecule has 0 spiro atoms. The molecule has 0 heterocycles. The molecule has 0 aromatic heterocycles. The molecule has 17 heavy (non-hydrogen) atoms. The summed E-state index contributed by atoms with van der Waals surface area (Å²) in [5.74, 6) is -1.92. The molecule has 100 valence electrons. The van der Waals surface area contributed by atoms with E-state index in [1.54, 1.807) is 0 Å². The van der Waals surface area contributed by atoms with E-state index in [0.717, 1.165) is 19.3 Å². The van der Waals surface area contributed by atoms with Gasteiger partial charge in [0, 0.05) is 0 Å². The number of unbranched alkanes of at least 4 members (excludes halogenated alkanes) is 2. The van der Waals surface area contributed by atoms with Crippen molar-refractivity contribution in [3.8, 4) is 0 Å². The van der Waals surface area contributed by atoms with Crippen molar-refractivity contribution in [1.82, 2.24) is 0 Å². The van der Waals surface area contributed by atoms with Gasteiger partial charge in [0.25, 0.3) is 0 Å². The number of carbonyl (C=O) groups is 2. The Morgan fingerprint density at radius 2 is 1.82 bits per heavy atom. The number of esters is 2. The van der Waals surface area contributed by atoms with E-state index in [-0.39, 0.29) is 6.42 Å². The number of rotatable bonds is 8. The second-order valence-corrected chi connectivity index (χ2v) is 3.97. The van der Waals surface area contributed by atoms with E-state index in [0.29, 0.717) is 6.42 Å². The van der Waals surface area contributed by atoms with Crippen molar-refractivity contribution in [3.05, 3.63) is 0 Å². The minimum absolute atomic E-state index is 0.142. The van der Waals surface area contributed by atoms with Crippen molar-refractivity contribution >= 4 is 11.9 Å². The normalized spacial score (nSPS) is 13.9. The summed E-state index contributed by atoms with van der Waals surface area (Å²) in [4.78, 5) is 22.6. The molecule has 0 rings (SSSR count). The highest BCUT2D eigenvalue weighted by molar-refractivity contribution is 5.80. The molecule has 0 aliphatic carbocycles. The first kappa shape index (κ1) is 15.9. The van der Waals surface area contributed by atoms with Gasteiger partial charge in [-0.05, 0) is 6.42 Å². The van der Waals surface area contributed by atoms with Gasteiger partial charge >= 0.3 is 11.9 Å². The molecule has 0 aromatic carbocycles. The molecule has 0 fully saturated rings. The number of methoxy groups -OCH3 is 2. The van der Waals surface area contributed by atoms with Crippen LogP contribution in [-0.4, -0.2) is 37.4 Å². The summed E-state index contributed by atoms with van der Waals surface area (Å²) in [6.07, 6.45) is 2.34. The third-order valence-corrected chi connectivity index (χ3v) is 2.69. The molecule has 0 aliphatic heterocycles. The maximum absolute atomic E-state index is 11.4. The quantitative estimate of drug-likeness (QED) is 0.516. The maximum Gasteiger partial charge on any atom is 0.311 e. The molecule has 0 amide bonds. The minimum atomic E-state index is -0.854. The summed E-state index contributed by atoms with van der Waals surface area (Å²) < 4.78 is 9.07. The first-order valence-corrected chi connectivity index (χ1v) is 5.89. The van der Waals surface area contributed by atoms with E-state index in [4.69, 9.17) is 0 Å². The van der Waals surface area contributed by atoms with E-state index >= 15 is 0 Å². The van der Waals surface area contributed by atoms with E-state index in [1.165, 1.54) is 14.2 Å². The van der Waals surface area contributed by atoms with Crippen LogP contribution in [0.15, 0.2) is 0 Å². The van der Waals surface area contributed by atoms with Crippen LogP contribution in [0, 0.1) is 5.92 Å². The Kier molecular flexibility index (Phi) is 8.40. The van der Waals surface area contributed by atoms with Crippen LogP contribution in [0.3, 0.4) is 0 Å². The highest BCUT2D eigenvalue weighted by atomic mass is 16.5. The molecule has 2 unspecified atom stereocenters. The van der Waals surface area contributed by atoms with E-state index in [1.807, 2.05) is 0 Å². The lowest BCUT2D eigenvalue weighted by Gasteiger charge is -2.19. The third-order valence-electron chi connectivity index (χ3n) is 2.69. The number of aliphatic hydroxyl groups excluding tert-OH is 1. The summed E-state index contributed by atoms with van der Waals surface area (Å²) in [5.41, 5.74) is 0. The predicted molar refractivity (Wildman–Crippen MR) is 62.3 cm³/mol. The number of ether oxygens (including phenoxy) is 2. The van der Waals surface area contributed by atoms with Gasteiger partial charge < -0.3 is 14.6 Å². The van der Waals surface area contributed by atoms with Crippen molar-refractivity contribution in [3.63, 3.8) is 0 Å². The van der Waals surface area contributed by atoms with Crippen LogP contribution in [0.2, 0.25) is 0 Å². The fourth-order valence-corrected chi connectivity index (χ4v) is 1.60. The van der Waals surface area contributed by atoms with E-state index in [2.05, 4.69) is 16.4 Å². The van der Waals surface area contributed by atoms with Gasteiger partial charge in [-0.1, -0.05) is 26.2 Å². The van der Waals surface area contributed by atoms with Crippen molar-refractivity contribution < 1.29 is 24.2 Å². The van der Waals surface area contributed by atoms with Gasteiger partial charge in [0.05, 0.1) is 32.7 Å². The first-order chi connectivity index (χ1) is 8.06. The zero-order valence-corrected chi connectivity index (χ0v) is 10.8. The molecule has 0 saturated heterocycles. The molecule has 0 aliphatic rings. The van der Waals surface area contributed by atoms with Crippen LogP contribution >= 0.6 is 0 Å². The smallest absolute Gasteiger partial charge is 0.311 e. The fourth-order valence-electron chi connectivity index (χ4n) is 1.60. The highest BCUT2D eigenvalue weighted by Gasteiger charge is 2.30. The summed E-state index contributed by atoms with van der Waals surface area (Å²) in [6.45, 7) is 2.05. The van der Waals surface area contributed by atoms with Gasteiger partial charge in [0.15, 0.2) is 0 Å². The molecule has 2 atom stereocenters. The Labute approximate surface area is 102 Å². The molecular weight excluding hydrogens is 224 g/mol. The molecule has 0 aromatic rings. The Balaban J connectivity index is 4.34. The Morgan fingerprint density at radius 1 is 1.18 bits per heavy atom. The molecular formula is C12H22O5. The summed E-state index contributed by atoms with van der Waals surface area (Å²) in [7, 11) is 2.49. The largest absolute Gasteiger partial charge is 0.469 e. The highest BCUT2D eigenvalue weighted by Crippen LogP contribution is 2.17. The molecule has 1 N–H and O–H groups in total. The summed E-state index contributed by atoms with van der Waals surface area (Å²) in [5, 5.41) is 9.87. The first-order valence-electron chi connectivity index (χ1n) is 5.89. The van der Waals surface area contributed by atoms with Crippen molar-refractivity contribution in [1.29, 1.82) is 0 Å². The van der Waals surface area contributed by atoms with Crippen LogP contribution < -0.4 is 0 Å². The number of aliphatic hydroxyl groups is 1. The Hall–Kier alpha value is -1.10. The second kappa shape index (κ2) is 8.98. The second-order valence-electron chi connectivity index (χ2n) is 3.97. The average molecular weight is 246 g/mol. The zero-order chi connectivity index (χ0) is 13.3. The lowest BCUT2D eigenvalue weighted by Crippen LogP contribution is -2.31. The van der Waals surface area contributed by atoms with Gasteiger partial charge in [-0.2, -0.15) is 0 Å². The van der Waals surface area contributed by atoms with Crippen LogP contribution in [0.25, 0.3) is 0 Å². The van der Waals surface area contributed by atoms with Gasteiger partial charge in [-0.15, -0.1) is 0 Å². The topological polar surface area (TPSA) is 72.8 Å². The van der Waals surface area contributed by atoms with Crippen LogP contribution in [0.5, 0.6) is 0 Å². The SMILES string of the molecule is CCCCCC(O)C(CC(=O)OC)C(=O)OC. The lowest BCUT2D eigenvalue weighted by molar-refractivity contribution is -0.156. The minimum Gasteiger partial charge on any atom is -0.469 e. The van der Waals surface area contributed by atoms with Gasteiger partial charge in [-0.3, -0.25) is 9.59 Å². The standard InChI is InChI=1S/C12H22O5/c1-4-5-6-7-10(13)9(12(15)17-3)8-11(14)16-2/h9-10,13H,4-8H2,1-3H3. The number of carbonyl (C=O) groups excluding carboxylic acids is 2. The number of hydrogen-bond acceptors (Lipinski definition) is 5. The predicted octanol–water partition coefficient (Wildman–Crippen LogP) is 1.28. The molecule has 5 heteroatoms. The average Bonchev–Trinajstić information content (AvgIpc) is 2.34. The third kappa shape index (κ3) is 6.26. The van der Waals surface area contributed by atoms with E-state index < -0.39 is 24.0 Å². The fraction of sp³-hybridized carbons (Fsp3) is 0.833. The molecule has 0 saturated carbocycles.